The number of aliphatic hydroxyl groups is 2. The molecule has 3 aliphatic rings. The molecule has 0 aromatic heterocycles. The molecule has 2 bridgehead atoms. The van der Waals surface area contributed by atoms with Crippen LogP contribution in [0.3, 0.4) is 0 Å². The molecule has 4 rings (SSSR count). The van der Waals surface area contributed by atoms with Crippen molar-refractivity contribution in [3.05, 3.63) is 35.9 Å². The fraction of sp³-hybridized carbons (Fsp3) is 0.643. The third-order valence-electron chi connectivity index (χ3n) is 7.64. The average Bonchev–Trinajstić information content (AvgIpc) is 2.96. The quantitative estimate of drug-likeness (QED) is 0.267. The first-order chi connectivity index (χ1) is 19.1. The summed E-state index contributed by atoms with van der Waals surface area (Å²) in [5, 5.41) is 28.2. The maximum absolute atomic E-state index is 13.0. The van der Waals surface area contributed by atoms with Crippen LogP contribution in [0.5, 0.6) is 5.75 Å². The van der Waals surface area contributed by atoms with Crippen LogP contribution in [-0.2, 0) is 20.9 Å². The van der Waals surface area contributed by atoms with Crippen molar-refractivity contribution in [1.29, 1.82) is 0 Å². The summed E-state index contributed by atoms with van der Waals surface area (Å²) in [5.41, 5.74) is 1.63. The van der Waals surface area contributed by atoms with Crippen molar-refractivity contribution >= 4 is 17.5 Å². The van der Waals surface area contributed by atoms with Gasteiger partial charge in [0.25, 0.3) is 0 Å². The van der Waals surface area contributed by atoms with Gasteiger partial charge in [-0.2, -0.15) is 0 Å². The van der Waals surface area contributed by atoms with Gasteiger partial charge in [0.15, 0.2) is 0 Å². The summed E-state index contributed by atoms with van der Waals surface area (Å²) in [6.07, 6.45) is 5.31. The summed E-state index contributed by atoms with van der Waals surface area (Å²) in [6, 6.07) is 5.15. The fourth-order valence-electron chi connectivity index (χ4n) is 5.33. The topological polar surface area (TPSA) is 136 Å². The lowest BCUT2D eigenvalue weighted by Crippen LogP contribution is -2.47. The van der Waals surface area contributed by atoms with Crippen LogP contribution < -0.4 is 20.7 Å². The molecule has 11 nitrogen and oxygen atoms in total. The summed E-state index contributed by atoms with van der Waals surface area (Å²) in [5.74, 6) is 1.05. The van der Waals surface area contributed by atoms with Crippen molar-refractivity contribution in [2.24, 2.45) is 11.8 Å². The number of piperidine rings is 1. The molecule has 3 heterocycles. The van der Waals surface area contributed by atoms with E-state index in [9.17, 15) is 19.8 Å². The van der Waals surface area contributed by atoms with E-state index in [-0.39, 0.29) is 43.4 Å². The summed E-state index contributed by atoms with van der Waals surface area (Å²) >= 11 is 0. The Bertz CT molecular complexity index is 966. The van der Waals surface area contributed by atoms with E-state index in [1.165, 1.54) is 0 Å². The van der Waals surface area contributed by atoms with Gasteiger partial charge in [-0.05, 0) is 36.5 Å². The van der Waals surface area contributed by atoms with E-state index in [1.807, 2.05) is 29.2 Å². The molecule has 2 amide bonds. The Morgan fingerprint density at radius 2 is 1.97 bits per heavy atom. The van der Waals surface area contributed by atoms with Crippen LogP contribution in [0, 0.1) is 11.8 Å². The van der Waals surface area contributed by atoms with Crippen molar-refractivity contribution in [3.8, 4) is 5.75 Å². The zero-order chi connectivity index (χ0) is 27.5. The highest BCUT2D eigenvalue weighted by Crippen LogP contribution is 2.29. The lowest BCUT2D eigenvalue weighted by atomic mass is 9.82. The molecule has 0 spiro atoms. The molecule has 216 valence electrons. The Morgan fingerprint density at radius 1 is 1.15 bits per heavy atom. The molecular formula is C28H43N5O6. The molecule has 0 aliphatic carbocycles. The van der Waals surface area contributed by atoms with E-state index in [2.05, 4.69) is 26.9 Å². The number of hydrogen-bond donors (Lipinski definition) is 5. The largest absolute Gasteiger partial charge is 0.489 e. The SMILES string of the molecule is O=C(C[C@@H]1CCN2C[C@@H]1/C=C\COc1ccc(NC(CO)CO)cc1CNCC2=O)NCCN1CCOCC1. The first-order valence-electron chi connectivity index (χ1n) is 14.0. The number of aliphatic hydroxyl groups excluding tert-OH is 2. The van der Waals surface area contributed by atoms with E-state index in [0.717, 1.165) is 50.5 Å². The van der Waals surface area contributed by atoms with Crippen LogP contribution >= 0.6 is 0 Å². The molecule has 2 atom stereocenters. The first-order valence-corrected chi connectivity index (χ1v) is 14.0. The van der Waals surface area contributed by atoms with Gasteiger partial charge in [0.05, 0.1) is 39.0 Å². The monoisotopic (exact) mass is 545 g/mol. The number of anilines is 1. The highest BCUT2D eigenvalue weighted by Gasteiger charge is 2.31. The lowest BCUT2D eigenvalue weighted by Gasteiger charge is -2.37. The minimum Gasteiger partial charge on any atom is -0.489 e. The van der Waals surface area contributed by atoms with Gasteiger partial charge in [-0.25, -0.2) is 0 Å². The summed E-state index contributed by atoms with van der Waals surface area (Å²) in [7, 11) is 0. The second-order valence-corrected chi connectivity index (χ2v) is 10.4. The average molecular weight is 546 g/mol. The van der Waals surface area contributed by atoms with Crippen LogP contribution in [0.4, 0.5) is 5.69 Å². The Morgan fingerprint density at radius 3 is 2.77 bits per heavy atom. The van der Waals surface area contributed by atoms with Gasteiger partial charge >= 0.3 is 0 Å². The number of amides is 2. The van der Waals surface area contributed by atoms with E-state index < -0.39 is 6.04 Å². The zero-order valence-electron chi connectivity index (χ0n) is 22.6. The molecule has 2 saturated heterocycles. The van der Waals surface area contributed by atoms with Gasteiger partial charge in [-0.1, -0.05) is 12.2 Å². The number of morpholine rings is 1. The first kappa shape index (κ1) is 29.3. The number of carbonyl (C=O) groups excluding carboxylic acids is 2. The Balaban J connectivity index is 1.36. The van der Waals surface area contributed by atoms with E-state index in [4.69, 9.17) is 9.47 Å². The van der Waals surface area contributed by atoms with Gasteiger partial charge in [0.1, 0.15) is 12.4 Å². The smallest absolute Gasteiger partial charge is 0.236 e. The lowest BCUT2D eigenvalue weighted by molar-refractivity contribution is -0.132. The van der Waals surface area contributed by atoms with Crippen molar-refractivity contribution < 1.29 is 29.3 Å². The molecular weight excluding hydrogens is 502 g/mol. The van der Waals surface area contributed by atoms with Crippen LogP contribution in [0.2, 0.25) is 0 Å². The Kier molecular flexibility index (Phi) is 11.4. The number of benzene rings is 1. The molecule has 0 saturated carbocycles. The van der Waals surface area contributed by atoms with Gasteiger partial charge in [0.2, 0.25) is 11.8 Å². The highest BCUT2D eigenvalue weighted by atomic mass is 16.5. The number of hydrogen-bond acceptors (Lipinski definition) is 9. The predicted octanol–water partition coefficient (Wildman–Crippen LogP) is -0.207. The summed E-state index contributed by atoms with van der Waals surface area (Å²) < 4.78 is 11.4. The van der Waals surface area contributed by atoms with Gasteiger partial charge in [-0.15, -0.1) is 0 Å². The molecule has 1 aromatic carbocycles. The van der Waals surface area contributed by atoms with E-state index >= 15 is 0 Å². The number of ether oxygens (including phenoxy) is 2. The number of nitrogens with one attached hydrogen (secondary N) is 3. The maximum Gasteiger partial charge on any atom is 0.236 e. The maximum atomic E-state index is 13.0. The number of fused-ring (bicyclic) bond motifs is 3. The van der Waals surface area contributed by atoms with Gasteiger partial charge < -0.3 is 40.5 Å². The summed E-state index contributed by atoms with van der Waals surface area (Å²) in [4.78, 5) is 29.9. The van der Waals surface area contributed by atoms with E-state index in [0.29, 0.717) is 45.0 Å². The van der Waals surface area contributed by atoms with Crippen LogP contribution in [0.15, 0.2) is 30.4 Å². The van der Waals surface area contributed by atoms with Gasteiger partial charge in [-0.3, -0.25) is 14.5 Å². The number of nitrogens with zero attached hydrogens (tertiary/aromatic N) is 2. The molecule has 2 fully saturated rings. The minimum absolute atomic E-state index is 0.0402. The molecule has 3 aliphatic heterocycles. The molecule has 5 N–H and O–H groups in total. The fourth-order valence-corrected chi connectivity index (χ4v) is 5.33. The van der Waals surface area contributed by atoms with Gasteiger partial charge in [0, 0.05) is 63.5 Å². The van der Waals surface area contributed by atoms with Crippen molar-refractivity contribution in [3.63, 3.8) is 0 Å². The van der Waals surface area contributed by atoms with Crippen molar-refractivity contribution in [2.45, 2.75) is 25.4 Å². The molecule has 0 radical (unpaired) electrons. The Hall–Kier alpha value is -2.70. The number of carbonyl (C=O) groups is 2. The third-order valence-corrected chi connectivity index (χ3v) is 7.64. The predicted molar refractivity (Wildman–Crippen MR) is 147 cm³/mol. The van der Waals surface area contributed by atoms with Crippen LogP contribution in [0.25, 0.3) is 0 Å². The second-order valence-electron chi connectivity index (χ2n) is 10.4. The standard InChI is InChI=1S/C28H43N5O6/c34-19-25(20-35)31-24-3-4-26-23(14-24)16-29-17-28(37)33-7-5-21(22(18-33)2-1-11-39-26)15-27(36)30-6-8-32-9-12-38-13-10-32/h1-4,14,21-22,25,29,31,34-35H,5-13,15-20H2,(H,30,36)/b2-1-/t21-,22-/m0/s1. The number of rotatable bonds is 9. The van der Waals surface area contributed by atoms with E-state index in [1.54, 1.807) is 0 Å². The Labute approximate surface area is 230 Å². The molecule has 1 aromatic rings. The molecule has 39 heavy (non-hydrogen) atoms. The van der Waals surface area contributed by atoms with Crippen LogP contribution in [-0.4, -0.2) is 117 Å². The zero-order valence-corrected chi connectivity index (χ0v) is 22.6. The third kappa shape index (κ3) is 8.91. The second kappa shape index (κ2) is 15.2. The van der Waals surface area contributed by atoms with Crippen LogP contribution in [0.1, 0.15) is 18.4 Å². The molecule has 0 unspecified atom stereocenters. The molecule has 11 heteroatoms. The minimum atomic E-state index is -0.455. The highest BCUT2D eigenvalue weighted by molar-refractivity contribution is 5.79. The van der Waals surface area contributed by atoms with Crippen molar-refractivity contribution in [1.82, 2.24) is 20.4 Å². The van der Waals surface area contributed by atoms with Crippen molar-refractivity contribution in [2.75, 3.05) is 84.2 Å². The normalized spacial score (nSPS) is 23.6. The summed E-state index contributed by atoms with van der Waals surface area (Å²) in [6.45, 7) is 6.65.